The summed E-state index contributed by atoms with van der Waals surface area (Å²) in [5.74, 6) is -1.04. The van der Waals surface area contributed by atoms with E-state index in [1.54, 1.807) is 24.3 Å². The molecular weight excluding hydrogens is 537 g/mol. The van der Waals surface area contributed by atoms with Crippen LogP contribution in [0.5, 0.6) is 5.75 Å². The second-order valence-corrected chi connectivity index (χ2v) is 10.8. The molecule has 216 valence electrons. The van der Waals surface area contributed by atoms with Gasteiger partial charge in [-0.1, -0.05) is 12.8 Å². The number of nitrogens with zero attached hydrogens (tertiary/aromatic N) is 6. The number of carbonyl (C=O) groups excluding carboxylic acids is 1. The van der Waals surface area contributed by atoms with Gasteiger partial charge < -0.3 is 20.2 Å². The Bertz CT molecular complexity index is 1550. The highest BCUT2D eigenvalue weighted by Gasteiger charge is 2.31. The molecule has 0 unspecified atom stereocenters. The maximum Gasteiger partial charge on any atom is 0.405 e. The lowest BCUT2D eigenvalue weighted by Gasteiger charge is -2.34. The Morgan fingerprint density at radius 1 is 1.05 bits per heavy atom. The second kappa shape index (κ2) is 10.7. The maximum absolute atomic E-state index is 12.9. The lowest BCUT2D eigenvalue weighted by atomic mass is 9.99. The molecule has 2 aromatic carbocycles. The number of nitrogens with one attached hydrogen (secondary N) is 2. The molecule has 1 saturated carbocycles. The van der Waals surface area contributed by atoms with Gasteiger partial charge in [-0.3, -0.25) is 14.5 Å². The molecule has 10 nitrogen and oxygen atoms in total. The molecular formula is C28H31F3N8O2. The van der Waals surface area contributed by atoms with Crippen molar-refractivity contribution in [1.29, 1.82) is 0 Å². The quantitative estimate of drug-likeness (QED) is 0.319. The van der Waals surface area contributed by atoms with Gasteiger partial charge in [-0.2, -0.15) is 18.3 Å². The van der Waals surface area contributed by atoms with Crippen LogP contribution in [-0.2, 0) is 0 Å². The number of piperazine rings is 1. The fraction of sp³-hybridized carbons (Fsp3) is 0.429. The van der Waals surface area contributed by atoms with Crippen LogP contribution in [0.4, 0.5) is 18.9 Å². The summed E-state index contributed by atoms with van der Waals surface area (Å²) in [5, 5.41) is 29.4. The number of aromatic amines is 1. The number of phenolic OH excluding ortho intramolecular Hbond substituents is 1. The van der Waals surface area contributed by atoms with E-state index in [0.29, 0.717) is 22.7 Å². The molecule has 1 amide bonds. The Labute approximate surface area is 234 Å². The largest absolute Gasteiger partial charge is 0.507 e. The van der Waals surface area contributed by atoms with Gasteiger partial charge in [0.25, 0.3) is 5.91 Å². The summed E-state index contributed by atoms with van der Waals surface area (Å²) in [6.07, 6.45) is -0.294. The normalized spacial score (nSPS) is 17.0. The van der Waals surface area contributed by atoms with E-state index in [4.69, 9.17) is 0 Å². The highest BCUT2D eigenvalue weighted by Crippen LogP contribution is 2.40. The number of amides is 1. The Kier molecular flexibility index (Phi) is 7.06. The molecule has 6 rings (SSSR count). The lowest BCUT2D eigenvalue weighted by molar-refractivity contribution is -0.123. The molecule has 4 aromatic rings. The van der Waals surface area contributed by atoms with E-state index in [0.717, 1.165) is 68.6 Å². The van der Waals surface area contributed by atoms with Crippen molar-refractivity contribution in [1.82, 2.24) is 35.2 Å². The topological polar surface area (TPSA) is 115 Å². The Hall–Kier alpha value is -4.13. The third-order valence-electron chi connectivity index (χ3n) is 7.98. The number of aromatic nitrogens is 5. The molecule has 0 spiro atoms. The summed E-state index contributed by atoms with van der Waals surface area (Å²) in [5.41, 5.74) is 3.33. The number of fused-ring (bicyclic) bond motifs is 1. The minimum absolute atomic E-state index is 0.121. The van der Waals surface area contributed by atoms with Gasteiger partial charge in [0.05, 0.1) is 16.8 Å². The Balaban J connectivity index is 1.42. The number of halogens is 3. The SMILES string of the molecule is CN1CCN(c2ccc(-n3c(C(=O)NCC(F)(F)F)nnc3-c3cc4c(C5CCCC5)n[nH]c4cc3O)cc2)CC1. The summed E-state index contributed by atoms with van der Waals surface area (Å²) in [4.78, 5) is 17.4. The summed E-state index contributed by atoms with van der Waals surface area (Å²) in [6, 6.07) is 10.7. The van der Waals surface area contributed by atoms with Gasteiger partial charge in [0.1, 0.15) is 12.3 Å². The zero-order valence-electron chi connectivity index (χ0n) is 22.6. The third-order valence-corrected chi connectivity index (χ3v) is 7.98. The van der Waals surface area contributed by atoms with Crippen LogP contribution in [0, 0.1) is 0 Å². The highest BCUT2D eigenvalue weighted by atomic mass is 19.4. The molecule has 0 bridgehead atoms. The number of hydrogen-bond acceptors (Lipinski definition) is 7. The maximum atomic E-state index is 12.9. The first-order valence-corrected chi connectivity index (χ1v) is 13.7. The van der Waals surface area contributed by atoms with Gasteiger partial charge in [-0.05, 0) is 50.2 Å². The van der Waals surface area contributed by atoms with Gasteiger partial charge in [-0.15, -0.1) is 10.2 Å². The molecule has 1 aliphatic heterocycles. The first kappa shape index (κ1) is 27.1. The van der Waals surface area contributed by atoms with Crippen molar-refractivity contribution in [3.8, 4) is 22.8 Å². The van der Waals surface area contributed by atoms with Gasteiger partial charge in [0.2, 0.25) is 5.82 Å². The van der Waals surface area contributed by atoms with Crippen molar-refractivity contribution in [3.05, 3.63) is 47.9 Å². The number of alkyl halides is 3. The molecule has 1 saturated heterocycles. The molecule has 0 radical (unpaired) electrons. The van der Waals surface area contributed by atoms with Crippen molar-refractivity contribution in [2.75, 3.05) is 44.7 Å². The zero-order chi connectivity index (χ0) is 28.7. The Morgan fingerprint density at radius 2 is 1.73 bits per heavy atom. The molecule has 2 aliphatic rings. The fourth-order valence-electron chi connectivity index (χ4n) is 5.75. The molecule has 0 atom stereocenters. The van der Waals surface area contributed by atoms with Gasteiger partial charge in [-0.25, -0.2) is 0 Å². The first-order chi connectivity index (χ1) is 19.7. The van der Waals surface area contributed by atoms with Crippen LogP contribution < -0.4 is 10.2 Å². The molecule has 3 N–H and O–H groups in total. The van der Waals surface area contributed by atoms with Crippen LogP contribution in [0.1, 0.15) is 47.9 Å². The van der Waals surface area contributed by atoms with E-state index in [1.165, 1.54) is 4.57 Å². The van der Waals surface area contributed by atoms with Crippen molar-refractivity contribution in [2.24, 2.45) is 0 Å². The molecule has 2 aromatic heterocycles. The summed E-state index contributed by atoms with van der Waals surface area (Å²) >= 11 is 0. The molecule has 2 fully saturated rings. The number of likely N-dealkylation sites (N-methyl/N-ethyl adjacent to an activating group) is 1. The van der Waals surface area contributed by atoms with Crippen LogP contribution in [-0.4, -0.2) is 86.8 Å². The second-order valence-electron chi connectivity index (χ2n) is 10.8. The van der Waals surface area contributed by atoms with E-state index in [-0.39, 0.29) is 17.4 Å². The number of H-pyrrole nitrogens is 1. The van der Waals surface area contributed by atoms with E-state index in [9.17, 15) is 23.1 Å². The van der Waals surface area contributed by atoms with Crippen LogP contribution in [0.25, 0.3) is 28.0 Å². The van der Waals surface area contributed by atoms with E-state index >= 15 is 0 Å². The standard InChI is InChI=1S/C28H31F3N8O2/c1-37-10-12-38(13-11-37)18-6-8-19(9-7-18)39-25(35-36-26(39)27(41)32-16-28(29,30)31)21-14-20-22(15-23(21)40)33-34-24(20)17-4-2-3-5-17/h6-9,14-15,17,40H,2-5,10-13,16H2,1H3,(H,32,41)(H,33,34). The molecule has 41 heavy (non-hydrogen) atoms. The van der Waals surface area contributed by atoms with Crippen LogP contribution in [0.15, 0.2) is 36.4 Å². The number of hydrogen-bond donors (Lipinski definition) is 3. The fourth-order valence-corrected chi connectivity index (χ4v) is 5.75. The van der Waals surface area contributed by atoms with Crippen molar-refractivity contribution in [2.45, 2.75) is 37.8 Å². The monoisotopic (exact) mass is 568 g/mol. The number of anilines is 1. The van der Waals surface area contributed by atoms with Crippen molar-refractivity contribution in [3.63, 3.8) is 0 Å². The van der Waals surface area contributed by atoms with Crippen molar-refractivity contribution >= 4 is 22.5 Å². The summed E-state index contributed by atoms with van der Waals surface area (Å²) in [6.45, 7) is 2.08. The number of rotatable bonds is 6. The Morgan fingerprint density at radius 3 is 2.41 bits per heavy atom. The van der Waals surface area contributed by atoms with E-state index in [2.05, 4.69) is 37.2 Å². The number of phenols is 1. The van der Waals surface area contributed by atoms with Gasteiger partial charge in [0, 0.05) is 54.9 Å². The van der Waals surface area contributed by atoms with Gasteiger partial charge >= 0.3 is 6.18 Å². The van der Waals surface area contributed by atoms with E-state index < -0.39 is 18.6 Å². The first-order valence-electron chi connectivity index (χ1n) is 13.7. The predicted octanol–water partition coefficient (Wildman–Crippen LogP) is 4.22. The van der Waals surface area contributed by atoms with Crippen molar-refractivity contribution < 1.29 is 23.1 Å². The minimum atomic E-state index is -4.59. The van der Waals surface area contributed by atoms with Gasteiger partial charge in [0.15, 0.2) is 5.82 Å². The minimum Gasteiger partial charge on any atom is -0.507 e. The average Bonchev–Trinajstić information content (AvgIpc) is 3.71. The average molecular weight is 569 g/mol. The lowest BCUT2D eigenvalue weighted by Crippen LogP contribution is -2.44. The zero-order valence-corrected chi connectivity index (χ0v) is 22.6. The van der Waals surface area contributed by atoms with Crippen LogP contribution >= 0.6 is 0 Å². The molecule has 13 heteroatoms. The number of aromatic hydroxyl groups is 1. The molecule has 1 aliphatic carbocycles. The smallest absolute Gasteiger partial charge is 0.405 e. The predicted molar refractivity (Wildman–Crippen MR) is 147 cm³/mol. The summed E-state index contributed by atoms with van der Waals surface area (Å²) < 4.78 is 40.1. The van der Waals surface area contributed by atoms with Crippen LogP contribution in [0.2, 0.25) is 0 Å². The van der Waals surface area contributed by atoms with Crippen LogP contribution in [0.3, 0.4) is 0 Å². The highest BCUT2D eigenvalue weighted by molar-refractivity contribution is 5.93. The molecule has 3 heterocycles. The number of carbonyl (C=O) groups is 1. The number of benzene rings is 2. The third kappa shape index (κ3) is 5.45. The summed E-state index contributed by atoms with van der Waals surface area (Å²) in [7, 11) is 2.08. The van der Waals surface area contributed by atoms with E-state index in [1.807, 2.05) is 17.4 Å².